The van der Waals surface area contributed by atoms with E-state index in [4.69, 9.17) is 9.47 Å². The van der Waals surface area contributed by atoms with Gasteiger partial charge in [0.05, 0.1) is 18.8 Å². The molecule has 7 nitrogen and oxygen atoms in total. The maximum Gasteiger partial charge on any atom is 0.142 e. The lowest BCUT2D eigenvalue weighted by atomic mass is 9.89. The Kier molecular flexibility index (Phi) is 7.27. The minimum Gasteiger partial charge on any atom is -0.490 e. The molecule has 7 heteroatoms. The van der Waals surface area contributed by atoms with Crippen LogP contribution in [0.25, 0.3) is 0 Å². The lowest BCUT2D eigenvalue weighted by Crippen LogP contribution is -2.55. The largest absolute Gasteiger partial charge is 0.490 e. The summed E-state index contributed by atoms with van der Waals surface area (Å²) in [4.78, 5) is 2.34. The van der Waals surface area contributed by atoms with Crippen LogP contribution in [0.5, 0.6) is 5.75 Å². The van der Waals surface area contributed by atoms with E-state index in [9.17, 15) is 20.4 Å². The minimum atomic E-state index is -1.40. The Balaban J connectivity index is 1.39. The second-order valence-electron chi connectivity index (χ2n) is 9.67. The summed E-state index contributed by atoms with van der Waals surface area (Å²) in [5.74, 6) is 0.882. The van der Waals surface area contributed by atoms with Crippen LogP contribution < -0.4 is 9.64 Å². The third-order valence-electron chi connectivity index (χ3n) is 7.19. The van der Waals surface area contributed by atoms with Gasteiger partial charge in [0.25, 0.3) is 0 Å². The van der Waals surface area contributed by atoms with Gasteiger partial charge in [-0.3, -0.25) is 0 Å². The van der Waals surface area contributed by atoms with Gasteiger partial charge in [-0.05, 0) is 53.3 Å². The van der Waals surface area contributed by atoms with Crippen LogP contribution in [0, 0.1) is 6.92 Å². The lowest BCUT2D eigenvalue weighted by molar-refractivity contribution is -0.231. The molecule has 2 heterocycles. The molecule has 0 aromatic heterocycles. The summed E-state index contributed by atoms with van der Waals surface area (Å²) in [6.07, 6.45) is -5.19. The molecule has 1 fully saturated rings. The zero-order valence-corrected chi connectivity index (χ0v) is 20.3. The molecule has 0 radical (unpaired) electrons. The molecule has 0 amide bonds. The fourth-order valence-electron chi connectivity index (χ4n) is 5.05. The van der Waals surface area contributed by atoms with Gasteiger partial charge in [0.2, 0.25) is 0 Å². The molecular weight excluding hydrogens is 458 g/mol. The molecule has 3 aromatic rings. The van der Waals surface area contributed by atoms with Crippen LogP contribution in [0.2, 0.25) is 0 Å². The van der Waals surface area contributed by atoms with Crippen LogP contribution in [0.4, 0.5) is 5.69 Å². The van der Waals surface area contributed by atoms with Crippen molar-refractivity contribution >= 4 is 5.69 Å². The summed E-state index contributed by atoms with van der Waals surface area (Å²) in [7, 11) is 0. The third kappa shape index (κ3) is 4.98. The average molecular weight is 492 g/mol. The molecule has 5 atom stereocenters. The highest BCUT2D eigenvalue weighted by Gasteiger charge is 2.44. The lowest BCUT2D eigenvalue weighted by Gasteiger charge is -2.40. The van der Waals surface area contributed by atoms with Crippen molar-refractivity contribution in [3.63, 3.8) is 0 Å². The number of aryl methyl sites for hydroxylation is 1. The van der Waals surface area contributed by atoms with Crippen molar-refractivity contribution in [3.05, 3.63) is 94.5 Å². The summed E-state index contributed by atoms with van der Waals surface area (Å²) < 4.78 is 11.7. The van der Waals surface area contributed by atoms with Crippen molar-refractivity contribution in [2.24, 2.45) is 0 Å². The Morgan fingerprint density at radius 2 is 1.69 bits per heavy atom. The smallest absolute Gasteiger partial charge is 0.142 e. The SMILES string of the molecule is Cc1ccc([C@@H]2O[C@H](CO)[C@@H](O)[C@H](O)[C@H]2O)cc1Cc1ccc2c(c1)N(Cc1ccccc1)CCO2. The molecule has 4 N–H and O–H groups in total. The van der Waals surface area contributed by atoms with E-state index in [-0.39, 0.29) is 0 Å². The highest BCUT2D eigenvalue weighted by atomic mass is 16.5. The average Bonchev–Trinajstić information content (AvgIpc) is 2.90. The number of nitrogens with zero attached hydrogens (tertiary/aromatic N) is 1. The van der Waals surface area contributed by atoms with Crippen molar-refractivity contribution in [3.8, 4) is 5.75 Å². The Labute approximate surface area is 211 Å². The summed E-state index contributed by atoms with van der Waals surface area (Å²) in [5.41, 5.74) is 6.31. The van der Waals surface area contributed by atoms with E-state index < -0.39 is 37.1 Å². The first-order valence-electron chi connectivity index (χ1n) is 12.4. The standard InChI is InChI=1S/C29H33NO6/c1-18-7-9-21(29-28(34)27(33)26(32)25(17-31)36-29)15-22(18)13-20-8-10-24-23(14-20)30(11-12-35-24)16-19-5-3-2-4-6-19/h2-10,14-15,25-29,31-34H,11-13,16-17H2,1H3/t25-,26-,27+,28-,29+/m1/s1. The molecule has 190 valence electrons. The zero-order valence-electron chi connectivity index (χ0n) is 20.3. The number of aliphatic hydroxyl groups excluding tert-OH is 4. The van der Waals surface area contributed by atoms with Crippen LogP contribution in [0.15, 0.2) is 66.7 Å². The quantitative estimate of drug-likeness (QED) is 0.420. The Bertz CT molecular complexity index is 1180. The first-order chi connectivity index (χ1) is 17.4. The fraction of sp³-hybridized carbons (Fsp3) is 0.379. The summed E-state index contributed by atoms with van der Waals surface area (Å²) in [5, 5.41) is 40.5. The van der Waals surface area contributed by atoms with Crippen LogP contribution in [0.1, 0.15) is 33.9 Å². The maximum absolute atomic E-state index is 10.6. The number of aliphatic hydroxyl groups is 4. The molecule has 5 rings (SSSR count). The normalized spacial score (nSPS) is 25.8. The van der Waals surface area contributed by atoms with E-state index in [0.717, 1.165) is 41.2 Å². The van der Waals surface area contributed by atoms with Crippen LogP contribution in [0.3, 0.4) is 0 Å². The van der Waals surface area contributed by atoms with E-state index in [2.05, 4.69) is 41.3 Å². The van der Waals surface area contributed by atoms with Gasteiger partial charge in [-0.2, -0.15) is 0 Å². The number of hydrogen-bond donors (Lipinski definition) is 4. The number of anilines is 1. The van der Waals surface area contributed by atoms with Gasteiger partial charge in [-0.1, -0.05) is 54.6 Å². The minimum absolute atomic E-state index is 0.448. The number of ether oxygens (including phenoxy) is 2. The highest BCUT2D eigenvalue weighted by molar-refractivity contribution is 5.62. The molecule has 36 heavy (non-hydrogen) atoms. The van der Waals surface area contributed by atoms with Gasteiger partial charge in [0.15, 0.2) is 0 Å². The van der Waals surface area contributed by atoms with Crippen LogP contribution >= 0.6 is 0 Å². The molecule has 0 saturated carbocycles. The van der Waals surface area contributed by atoms with Crippen molar-refractivity contribution in [1.29, 1.82) is 0 Å². The van der Waals surface area contributed by atoms with E-state index in [1.807, 2.05) is 37.3 Å². The highest BCUT2D eigenvalue weighted by Crippen LogP contribution is 2.36. The topological polar surface area (TPSA) is 103 Å². The molecule has 0 aliphatic carbocycles. The van der Waals surface area contributed by atoms with Crippen molar-refractivity contribution in [2.75, 3.05) is 24.7 Å². The number of fused-ring (bicyclic) bond motifs is 1. The predicted molar refractivity (Wildman–Crippen MR) is 136 cm³/mol. The number of hydrogen-bond acceptors (Lipinski definition) is 7. The zero-order chi connectivity index (χ0) is 25.2. The fourth-order valence-corrected chi connectivity index (χ4v) is 5.05. The molecule has 2 aliphatic rings. The first kappa shape index (κ1) is 24.7. The summed E-state index contributed by atoms with van der Waals surface area (Å²) in [6, 6.07) is 22.5. The van der Waals surface area contributed by atoms with Crippen LogP contribution in [-0.4, -0.2) is 64.6 Å². The van der Waals surface area contributed by atoms with Gasteiger partial charge in [0.1, 0.15) is 42.9 Å². The second-order valence-corrected chi connectivity index (χ2v) is 9.67. The molecule has 1 saturated heterocycles. The molecule has 3 aromatic carbocycles. The van der Waals surface area contributed by atoms with Crippen molar-refractivity contribution < 1.29 is 29.9 Å². The van der Waals surface area contributed by atoms with Gasteiger partial charge >= 0.3 is 0 Å². The molecule has 0 unspecified atom stereocenters. The predicted octanol–water partition coefficient (Wildman–Crippen LogP) is 2.50. The Morgan fingerprint density at radius 1 is 0.889 bits per heavy atom. The van der Waals surface area contributed by atoms with Gasteiger partial charge in [0, 0.05) is 6.54 Å². The molecule has 0 spiro atoms. The Morgan fingerprint density at radius 3 is 2.47 bits per heavy atom. The molecular formula is C29H33NO6. The number of rotatable bonds is 6. The summed E-state index contributed by atoms with van der Waals surface area (Å²) in [6.45, 7) is 3.87. The van der Waals surface area contributed by atoms with Crippen molar-refractivity contribution in [1.82, 2.24) is 0 Å². The van der Waals surface area contributed by atoms with E-state index in [1.54, 1.807) is 0 Å². The van der Waals surface area contributed by atoms with Gasteiger partial charge in [-0.25, -0.2) is 0 Å². The Hall–Kier alpha value is -2.94. The monoisotopic (exact) mass is 491 g/mol. The number of benzene rings is 3. The molecule has 0 bridgehead atoms. The second kappa shape index (κ2) is 10.6. The van der Waals surface area contributed by atoms with E-state index in [0.29, 0.717) is 18.6 Å². The van der Waals surface area contributed by atoms with Gasteiger partial charge < -0.3 is 34.8 Å². The first-order valence-corrected chi connectivity index (χ1v) is 12.4. The van der Waals surface area contributed by atoms with E-state index in [1.165, 1.54) is 5.56 Å². The maximum atomic E-state index is 10.6. The van der Waals surface area contributed by atoms with Gasteiger partial charge in [-0.15, -0.1) is 0 Å². The van der Waals surface area contributed by atoms with Crippen molar-refractivity contribution in [2.45, 2.75) is 50.4 Å². The third-order valence-corrected chi connectivity index (χ3v) is 7.19. The summed E-state index contributed by atoms with van der Waals surface area (Å²) >= 11 is 0. The van der Waals surface area contributed by atoms with E-state index >= 15 is 0 Å². The molecule has 2 aliphatic heterocycles. The van der Waals surface area contributed by atoms with Crippen LogP contribution in [-0.2, 0) is 17.7 Å².